The van der Waals surface area contributed by atoms with Gasteiger partial charge in [-0.2, -0.15) is 10.1 Å². The number of esters is 1. The molecule has 0 bridgehead atoms. The second-order valence-corrected chi connectivity index (χ2v) is 6.79. The first-order valence-electron chi connectivity index (χ1n) is 9.70. The van der Waals surface area contributed by atoms with Gasteiger partial charge in [-0.05, 0) is 64.3 Å². The lowest BCUT2D eigenvalue weighted by Crippen LogP contribution is -2.09. The van der Waals surface area contributed by atoms with E-state index in [-0.39, 0.29) is 5.97 Å². The number of pyridine rings is 1. The third kappa shape index (κ3) is 3.86. The van der Waals surface area contributed by atoms with Gasteiger partial charge in [0.15, 0.2) is 5.65 Å². The fourth-order valence-electron chi connectivity index (χ4n) is 3.48. The van der Waals surface area contributed by atoms with E-state index >= 15 is 0 Å². The summed E-state index contributed by atoms with van der Waals surface area (Å²) in [6, 6.07) is 8.17. The Kier molecular flexibility index (Phi) is 5.97. The number of ether oxygens (including phenoxy) is 2. The van der Waals surface area contributed by atoms with Gasteiger partial charge in [0.05, 0.1) is 24.6 Å². The number of hydrogen-bond donors (Lipinski definition) is 0. The fraction of sp³-hybridized carbons (Fsp3) is 0.409. The van der Waals surface area contributed by atoms with Crippen LogP contribution in [0.1, 0.15) is 42.7 Å². The lowest BCUT2D eigenvalue weighted by molar-refractivity contribution is -0.143. The molecule has 3 rings (SSSR count). The van der Waals surface area contributed by atoms with Gasteiger partial charge in [0.1, 0.15) is 0 Å². The molecule has 0 aliphatic carbocycles. The largest absolute Gasteiger partial charge is 0.478 e. The van der Waals surface area contributed by atoms with Crippen LogP contribution in [0.3, 0.4) is 0 Å². The van der Waals surface area contributed by atoms with Gasteiger partial charge in [-0.3, -0.25) is 4.79 Å². The van der Waals surface area contributed by atoms with Crippen LogP contribution in [-0.2, 0) is 16.0 Å². The summed E-state index contributed by atoms with van der Waals surface area (Å²) in [5, 5.41) is 5.74. The number of nitrogens with zero attached hydrogens (tertiary/aromatic N) is 3. The number of hydrogen-bond acceptors (Lipinski definition) is 5. The van der Waals surface area contributed by atoms with E-state index in [0.717, 1.165) is 39.1 Å². The van der Waals surface area contributed by atoms with Crippen molar-refractivity contribution >= 4 is 17.0 Å². The van der Waals surface area contributed by atoms with Crippen LogP contribution in [0.5, 0.6) is 5.88 Å². The molecule has 2 heterocycles. The summed E-state index contributed by atoms with van der Waals surface area (Å²) in [6.45, 7) is 10.7. The van der Waals surface area contributed by atoms with Crippen LogP contribution in [0, 0.1) is 20.8 Å². The molecule has 6 nitrogen and oxygen atoms in total. The zero-order valence-corrected chi connectivity index (χ0v) is 17.2. The van der Waals surface area contributed by atoms with Crippen LogP contribution in [0.25, 0.3) is 16.7 Å². The van der Waals surface area contributed by atoms with Gasteiger partial charge in [-0.25, -0.2) is 4.68 Å². The molecule has 6 heteroatoms. The predicted molar refractivity (Wildman–Crippen MR) is 109 cm³/mol. The van der Waals surface area contributed by atoms with Crippen molar-refractivity contribution in [2.45, 2.75) is 47.5 Å². The van der Waals surface area contributed by atoms with Crippen molar-refractivity contribution in [2.75, 3.05) is 13.2 Å². The highest BCUT2D eigenvalue weighted by Gasteiger charge is 2.20. The molecule has 0 atom stereocenters. The van der Waals surface area contributed by atoms with Gasteiger partial charge in [-0.15, -0.1) is 0 Å². The molecule has 0 aliphatic heterocycles. The summed E-state index contributed by atoms with van der Waals surface area (Å²) in [5.41, 5.74) is 5.78. The average molecular weight is 381 g/mol. The van der Waals surface area contributed by atoms with E-state index in [9.17, 15) is 4.79 Å². The first-order chi connectivity index (χ1) is 13.5. The quantitative estimate of drug-likeness (QED) is 0.573. The third-order valence-electron chi connectivity index (χ3n) is 4.74. The topological polar surface area (TPSA) is 66.2 Å². The highest BCUT2D eigenvalue weighted by molar-refractivity contribution is 5.85. The zero-order valence-electron chi connectivity index (χ0n) is 17.2. The molecular weight excluding hydrogens is 354 g/mol. The van der Waals surface area contributed by atoms with Crippen molar-refractivity contribution in [1.29, 1.82) is 0 Å². The molecule has 3 aromatic rings. The number of aromatic nitrogens is 3. The van der Waals surface area contributed by atoms with E-state index in [1.807, 2.05) is 44.5 Å². The van der Waals surface area contributed by atoms with E-state index in [4.69, 9.17) is 19.6 Å². The van der Waals surface area contributed by atoms with E-state index in [2.05, 4.69) is 19.1 Å². The van der Waals surface area contributed by atoms with E-state index in [1.54, 1.807) is 0 Å². The lowest BCUT2D eigenvalue weighted by Gasteiger charge is -2.14. The summed E-state index contributed by atoms with van der Waals surface area (Å²) < 4.78 is 12.8. The molecule has 0 amide bonds. The first kappa shape index (κ1) is 19.9. The summed E-state index contributed by atoms with van der Waals surface area (Å²) in [6.07, 6.45) is 0.824. The highest BCUT2D eigenvalue weighted by atomic mass is 16.5. The standard InChI is InChI=1S/C22H27N3O3/c1-6-27-19(26)12-11-18-15(4)20-16(5)24-25(17-10-8-9-14(3)13-17)21(20)23-22(18)28-7-2/h8-10,13H,6-7,11-12H2,1-5H3. The maximum atomic E-state index is 11.8. The van der Waals surface area contributed by atoms with Crippen LogP contribution in [0.15, 0.2) is 24.3 Å². The van der Waals surface area contributed by atoms with Crippen molar-refractivity contribution in [3.05, 3.63) is 46.6 Å². The maximum Gasteiger partial charge on any atom is 0.306 e. The molecule has 0 saturated heterocycles. The molecule has 28 heavy (non-hydrogen) atoms. The zero-order chi connectivity index (χ0) is 20.3. The van der Waals surface area contributed by atoms with Crippen LogP contribution in [0.4, 0.5) is 0 Å². The number of aryl methyl sites for hydroxylation is 3. The molecule has 148 valence electrons. The minimum Gasteiger partial charge on any atom is -0.478 e. The van der Waals surface area contributed by atoms with Gasteiger partial charge < -0.3 is 9.47 Å². The van der Waals surface area contributed by atoms with Gasteiger partial charge in [0, 0.05) is 17.4 Å². The molecule has 0 unspecified atom stereocenters. The number of carbonyl (C=O) groups is 1. The normalized spacial score (nSPS) is 11.0. The molecular formula is C22H27N3O3. The number of benzene rings is 1. The van der Waals surface area contributed by atoms with Gasteiger partial charge in [0.2, 0.25) is 5.88 Å². The highest BCUT2D eigenvalue weighted by Crippen LogP contribution is 2.32. The van der Waals surface area contributed by atoms with Crippen molar-refractivity contribution in [3.8, 4) is 11.6 Å². The second kappa shape index (κ2) is 8.42. The number of carbonyl (C=O) groups excluding carboxylic acids is 1. The minimum absolute atomic E-state index is 0.211. The Morgan fingerprint density at radius 3 is 2.61 bits per heavy atom. The molecule has 2 aromatic heterocycles. The molecule has 0 aliphatic rings. The number of rotatable bonds is 7. The monoisotopic (exact) mass is 381 g/mol. The smallest absolute Gasteiger partial charge is 0.306 e. The molecule has 0 saturated carbocycles. The summed E-state index contributed by atoms with van der Waals surface area (Å²) >= 11 is 0. The molecule has 0 N–H and O–H groups in total. The van der Waals surface area contributed by atoms with E-state index < -0.39 is 0 Å². The van der Waals surface area contributed by atoms with Gasteiger partial charge in [-0.1, -0.05) is 12.1 Å². The van der Waals surface area contributed by atoms with Gasteiger partial charge >= 0.3 is 5.97 Å². The predicted octanol–water partition coefficient (Wildman–Crippen LogP) is 4.24. The van der Waals surface area contributed by atoms with Gasteiger partial charge in [0.25, 0.3) is 0 Å². The Morgan fingerprint density at radius 2 is 1.93 bits per heavy atom. The second-order valence-electron chi connectivity index (χ2n) is 6.79. The van der Waals surface area contributed by atoms with Crippen molar-refractivity contribution in [2.24, 2.45) is 0 Å². The summed E-state index contributed by atoms with van der Waals surface area (Å²) in [4.78, 5) is 16.7. The molecule has 0 fully saturated rings. The Morgan fingerprint density at radius 1 is 1.14 bits per heavy atom. The fourth-order valence-corrected chi connectivity index (χ4v) is 3.48. The van der Waals surface area contributed by atoms with Crippen LogP contribution < -0.4 is 4.74 Å². The van der Waals surface area contributed by atoms with Crippen molar-refractivity contribution < 1.29 is 14.3 Å². The third-order valence-corrected chi connectivity index (χ3v) is 4.74. The van der Waals surface area contributed by atoms with Crippen LogP contribution >= 0.6 is 0 Å². The SMILES string of the molecule is CCOC(=O)CCc1c(OCC)nc2c(c(C)nn2-c2cccc(C)c2)c1C. The minimum atomic E-state index is -0.211. The summed E-state index contributed by atoms with van der Waals surface area (Å²) in [7, 11) is 0. The maximum absolute atomic E-state index is 11.8. The lowest BCUT2D eigenvalue weighted by atomic mass is 10.0. The van der Waals surface area contributed by atoms with Crippen LogP contribution in [0.2, 0.25) is 0 Å². The Balaban J connectivity index is 2.13. The van der Waals surface area contributed by atoms with Crippen LogP contribution in [-0.4, -0.2) is 33.9 Å². The van der Waals surface area contributed by atoms with Crippen molar-refractivity contribution in [1.82, 2.24) is 14.8 Å². The Hall–Kier alpha value is -2.89. The molecule has 0 radical (unpaired) electrons. The van der Waals surface area contributed by atoms with E-state index in [1.165, 1.54) is 0 Å². The number of fused-ring (bicyclic) bond motifs is 1. The Labute approximate surface area is 165 Å². The molecule has 1 aromatic carbocycles. The Bertz CT molecular complexity index is 1010. The van der Waals surface area contributed by atoms with E-state index in [0.29, 0.717) is 31.9 Å². The van der Waals surface area contributed by atoms with Crippen molar-refractivity contribution in [3.63, 3.8) is 0 Å². The first-order valence-corrected chi connectivity index (χ1v) is 9.70. The summed E-state index contributed by atoms with van der Waals surface area (Å²) in [5.74, 6) is 0.349. The molecule has 0 spiro atoms. The average Bonchev–Trinajstić information content (AvgIpc) is 2.98.